The molecule has 0 spiro atoms. The Morgan fingerprint density at radius 1 is 1.08 bits per heavy atom. The first-order valence-corrected chi connectivity index (χ1v) is 8.19. The molecule has 0 aliphatic heterocycles. The molecule has 122 valence electrons. The topological polar surface area (TPSA) is 62.4 Å². The van der Waals surface area contributed by atoms with Crippen LogP contribution in [0.1, 0.15) is 11.1 Å². The number of aromatic nitrogens is 1. The van der Waals surface area contributed by atoms with E-state index >= 15 is 0 Å². The summed E-state index contributed by atoms with van der Waals surface area (Å²) in [6.45, 7) is 1.18. The minimum atomic E-state index is 0.0419. The Balaban J connectivity index is 2.15. The average molecular weight is 337 g/mol. The number of hydrogen-bond donors (Lipinski definition) is 2. The van der Waals surface area contributed by atoms with Crippen LogP contribution in [-0.4, -0.2) is 28.2 Å². The Hall–Kier alpha value is -2.50. The lowest BCUT2D eigenvalue weighted by atomic mass is 10.1. The molecule has 1 aromatic heterocycles. The summed E-state index contributed by atoms with van der Waals surface area (Å²) in [5.74, 6) is 0. The van der Waals surface area contributed by atoms with Crippen LogP contribution in [0.15, 0.2) is 60.8 Å². The molecule has 5 heteroatoms. The summed E-state index contributed by atoms with van der Waals surface area (Å²) >= 11 is 5.23. The van der Waals surface area contributed by atoms with Gasteiger partial charge in [-0.1, -0.05) is 60.7 Å². The van der Waals surface area contributed by atoms with Gasteiger partial charge in [0, 0.05) is 24.7 Å². The van der Waals surface area contributed by atoms with Gasteiger partial charge in [-0.3, -0.25) is 4.98 Å². The minimum Gasteiger partial charge on any atom is -0.395 e. The van der Waals surface area contributed by atoms with Crippen molar-refractivity contribution in [3.05, 3.63) is 71.9 Å². The van der Waals surface area contributed by atoms with Crippen molar-refractivity contribution in [2.75, 3.05) is 18.1 Å². The molecule has 0 bridgehead atoms. The van der Waals surface area contributed by atoms with E-state index in [4.69, 9.17) is 18.0 Å². The summed E-state index contributed by atoms with van der Waals surface area (Å²) in [6.07, 6.45) is 1.72. The molecule has 0 unspecified atom stereocenters. The van der Waals surface area contributed by atoms with Gasteiger partial charge in [0.2, 0.25) is 0 Å². The molecule has 0 atom stereocenters. The van der Waals surface area contributed by atoms with Gasteiger partial charge in [-0.15, -0.1) is 0 Å². The number of hydrogen-bond acceptors (Lipinski definition) is 4. The summed E-state index contributed by atoms with van der Waals surface area (Å²) in [7, 11) is 0. The number of fused-ring (bicyclic) bond motifs is 1. The standard InChI is InChI=1S/C19H19N3OS/c20-19(24)16-12-21-17-9-5-4-8-15(17)18(16)22(10-11-23)13-14-6-2-1-3-7-14/h1-9,12,23H,10-11,13H2,(H2,20,24). The van der Waals surface area contributed by atoms with Gasteiger partial charge in [-0.2, -0.15) is 0 Å². The highest BCUT2D eigenvalue weighted by molar-refractivity contribution is 7.80. The Morgan fingerprint density at radius 2 is 1.79 bits per heavy atom. The van der Waals surface area contributed by atoms with Gasteiger partial charge in [0.15, 0.2) is 0 Å². The molecule has 4 nitrogen and oxygen atoms in total. The van der Waals surface area contributed by atoms with Crippen LogP contribution >= 0.6 is 12.2 Å². The maximum Gasteiger partial charge on any atom is 0.107 e. The lowest BCUT2D eigenvalue weighted by molar-refractivity contribution is 0.301. The van der Waals surface area contributed by atoms with E-state index in [0.717, 1.165) is 27.7 Å². The zero-order chi connectivity index (χ0) is 16.9. The van der Waals surface area contributed by atoms with Crippen molar-refractivity contribution in [2.24, 2.45) is 5.73 Å². The molecule has 3 aromatic rings. The molecule has 0 aliphatic rings. The first kappa shape index (κ1) is 16.4. The third kappa shape index (κ3) is 3.37. The number of nitrogens with two attached hydrogens (primary N) is 1. The summed E-state index contributed by atoms with van der Waals surface area (Å²) < 4.78 is 0. The molecule has 24 heavy (non-hydrogen) atoms. The second-order valence-corrected chi connectivity index (χ2v) is 5.97. The molecule has 0 radical (unpaired) electrons. The third-order valence-corrected chi connectivity index (χ3v) is 4.13. The largest absolute Gasteiger partial charge is 0.395 e. The van der Waals surface area contributed by atoms with Crippen molar-refractivity contribution in [1.29, 1.82) is 0 Å². The fourth-order valence-electron chi connectivity index (χ4n) is 2.84. The lowest BCUT2D eigenvalue weighted by Crippen LogP contribution is -2.29. The summed E-state index contributed by atoms with van der Waals surface area (Å²) in [4.78, 5) is 6.87. The van der Waals surface area contributed by atoms with E-state index in [1.54, 1.807) is 6.20 Å². The van der Waals surface area contributed by atoms with Crippen LogP contribution in [-0.2, 0) is 6.54 Å². The molecule has 2 aromatic carbocycles. The van der Waals surface area contributed by atoms with Gasteiger partial charge in [-0.05, 0) is 11.6 Å². The summed E-state index contributed by atoms with van der Waals surface area (Å²) in [5.41, 5.74) is 9.62. The average Bonchev–Trinajstić information content (AvgIpc) is 2.61. The van der Waals surface area contributed by atoms with Crippen LogP contribution in [0.2, 0.25) is 0 Å². The van der Waals surface area contributed by atoms with Crippen molar-refractivity contribution >= 4 is 33.8 Å². The number of benzene rings is 2. The molecule has 0 fully saturated rings. The van der Waals surface area contributed by atoms with Crippen LogP contribution in [0.25, 0.3) is 10.9 Å². The number of anilines is 1. The Bertz CT molecular complexity index is 852. The lowest BCUT2D eigenvalue weighted by Gasteiger charge is -2.27. The van der Waals surface area contributed by atoms with E-state index in [-0.39, 0.29) is 6.61 Å². The van der Waals surface area contributed by atoms with Crippen LogP contribution in [0.5, 0.6) is 0 Å². The smallest absolute Gasteiger partial charge is 0.107 e. The number of thiocarbonyl (C=S) groups is 1. The van der Waals surface area contributed by atoms with Gasteiger partial charge < -0.3 is 15.7 Å². The zero-order valence-electron chi connectivity index (χ0n) is 13.2. The van der Waals surface area contributed by atoms with E-state index in [1.807, 2.05) is 42.5 Å². The van der Waals surface area contributed by atoms with Gasteiger partial charge >= 0.3 is 0 Å². The highest BCUT2D eigenvalue weighted by atomic mass is 32.1. The number of para-hydroxylation sites is 1. The van der Waals surface area contributed by atoms with Gasteiger partial charge in [0.05, 0.1) is 23.4 Å². The molecule has 1 heterocycles. The van der Waals surface area contributed by atoms with Crippen molar-refractivity contribution in [3.8, 4) is 0 Å². The fraction of sp³-hybridized carbons (Fsp3) is 0.158. The minimum absolute atomic E-state index is 0.0419. The number of aliphatic hydroxyl groups excluding tert-OH is 1. The highest BCUT2D eigenvalue weighted by Crippen LogP contribution is 2.30. The first-order valence-electron chi connectivity index (χ1n) is 7.78. The number of rotatable bonds is 6. The molecule has 3 N–H and O–H groups in total. The maximum absolute atomic E-state index is 9.56. The quantitative estimate of drug-likeness (QED) is 0.677. The van der Waals surface area contributed by atoms with Crippen LogP contribution in [0.3, 0.4) is 0 Å². The first-order chi connectivity index (χ1) is 11.7. The van der Waals surface area contributed by atoms with E-state index in [1.165, 1.54) is 0 Å². The Morgan fingerprint density at radius 3 is 2.50 bits per heavy atom. The monoisotopic (exact) mass is 337 g/mol. The van der Waals surface area contributed by atoms with Crippen molar-refractivity contribution < 1.29 is 5.11 Å². The molecule has 0 saturated heterocycles. The van der Waals surface area contributed by atoms with E-state index in [9.17, 15) is 5.11 Å². The van der Waals surface area contributed by atoms with E-state index in [2.05, 4.69) is 22.0 Å². The molecular formula is C19H19N3OS. The number of pyridine rings is 1. The normalized spacial score (nSPS) is 10.7. The van der Waals surface area contributed by atoms with Crippen LogP contribution in [0.4, 0.5) is 5.69 Å². The highest BCUT2D eigenvalue weighted by Gasteiger charge is 2.17. The zero-order valence-corrected chi connectivity index (χ0v) is 14.0. The third-order valence-electron chi connectivity index (χ3n) is 3.91. The van der Waals surface area contributed by atoms with Crippen LogP contribution in [0, 0.1) is 0 Å². The van der Waals surface area contributed by atoms with Crippen molar-refractivity contribution in [3.63, 3.8) is 0 Å². The molecule has 0 aliphatic carbocycles. The second-order valence-electron chi connectivity index (χ2n) is 5.53. The van der Waals surface area contributed by atoms with Crippen molar-refractivity contribution in [2.45, 2.75) is 6.54 Å². The molecule has 0 saturated carbocycles. The number of aliphatic hydroxyl groups is 1. The summed E-state index contributed by atoms with van der Waals surface area (Å²) in [6, 6.07) is 18.0. The van der Waals surface area contributed by atoms with Crippen molar-refractivity contribution in [1.82, 2.24) is 4.98 Å². The Labute approximate surface area is 146 Å². The fourth-order valence-corrected chi connectivity index (χ4v) is 2.99. The van der Waals surface area contributed by atoms with Gasteiger partial charge in [0.1, 0.15) is 4.99 Å². The van der Waals surface area contributed by atoms with Gasteiger partial charge in [-0.25, -0.2) is 0 Å². The number of nitrogens with zero attached hydrogens (tertiary/aromatic N) is 2. The predicted octanol–water partition coefficient (Wildman–Crippen LogP) is 2.87. The summed E-state index contributed by atoms with van der Waals surface area (Å²) in [5, 5.41) is 10.5. The molecule has 0 amide bonds. The molecule has 3 rings (SSSR count). The SMILES string of the molecule is NC(=S)c1cnc2ccccc2c1N(CCO)Cc1ccccc1. The van der Waals surface area contributed by atoms with E-state index in [0.29, 0.717) is 18.1 Å². The maximum atomic E-state index is 9.56. The predicted molar refractivity (Wildman–Crippen MR) is 102 cm³/mol. The second kappa shape index (κ2) is 7.38. The Kier molecular flexibility index (Phi) is 5.03. The molecular weight excluding hydrogens is 318 g/mol. The van der Waals surface area contributed by atoms with Gasteiger partial charge in [0.25, 0.3) is 0 Å². The van der Waals surface area contributed by atoms with Crippen LogP contribution < -0.4 is 10.6 Å². The van der Waals surface area contributed by atoms with E-state index < -0.39 is 0 Å².